The van der Waals surface area contributed by atoms with Crippen molar-refractivity contribution in [1.82, 2.24) is 5.32 Å². The fourth-order valence-corrected chi connectivity index (χ4v) is 2.86. The summed E-state index contributed by atoms with van der Waals surface area (Å²) in [5.74, 6) is 0.687. The molecule has 20 heavy (non-hydrogen) atoms. The Labute approximate surface area is 124 Å². The number of nitrogens with zero attached hydrogens (tertiary/aromatic N) is 2. The van der Waals surface area contributed by atoms with Crippen LogP contribution in [-0.4, -0.2) is 39.8 Å². The van der Waals surface area contributed by atoms with Crippen LogP contribution in [0.4, 0.5) is 11.4 Å². The Morgan fingerprint density at radius 2 is 2.15 bits per heavy atom. The monoisotopic (exact) mass is 275 g/mol. The Kier molecular flexibility index (Phi) is 5.30. The molecular formula is C17H29N3. The van der Waals surface area contributed by atoms with Gasteiger partial charge in [-0.05, 0) is 43.5 Å². The molecule has 2 rings (SSSR count). The largest absolute Gasteiger partial charge is 0.378 e. The zero-order valence-electron chi connectivity index (χ0n) is 13.4. The molecule has 1 fully saturated rings. The Morgan fingerprint density at radius 3 is 2.85 bits per heavy atom. The predicted octanol–water partition coefficient (Wildman–Crippen LogP) is 2.97. The summed E-state index contributed by atoms with van der Waals surface area (Å²) in [4.78, 5) is 4.73. The molecule has 1 aliphatic rings. The fourth-order valence-electron chi connectivity index (χ4n) is 2.86. The van der Waals surface area contributed by atoms with Gasteiger partial charge < -0.3 is 15.1 Å². The highest BCUT2D eigenvalue weighted by Gasteiger charge is 2.18. The molecule has 1 aromatic carbocycles. The van der Waals surface area contributed by atoms with E-state index < -0.39 is 0 Å². The van der Waals surface area contributed by atoms with Crippen LogP contribution in [0, 0.1) is 5.92 Å². The summed E-state index contributed by atoms with van der Waals surface area (Å²) in [6, 6.07) is 9.56. The van der Waals surface area contributed by atoms with E-state index in [1.54, 1.807) is 0 Å². The molecule has 2 unspecified atom stereocenters. The summed E-state index contributed by atoms with van der Waals surface area (Å²) in [7, 11) is 4.21. The van der Waals surface area contributed by atoms with Crippen molar-refractivity contribution in [2.45, 2.75) is 32.7 Å². The maximum absolute atomic E-state index is 3.69. The Balaban J connectivity index is 2.14. The van der Waals surface area contributed by atoms with Crippen LogP contribution in [0.25, 0.3) is 0 Å². The normalized spacial score (nSPS) is 24.1. The third-order valence-electron chi connectivity index (χ3n) is 4.24. The van der Waals surface area contributed by atoms with Gasteiger partial charge in [0, 0.05) is 44.6 Å². The van der Waals surface area contributed by atoms with Crippen LogP contribution in [0.15, 0.2) is 24.3 Å². The molecule has 2 atom stereocenters. The quantitative estimate of drug-likeness (QED) is 0.915. The molecule has 3 nitrogen and oxygen atoms in total. The third-order valence-corrected chi connectivity index (χ3v) is 4.24. The lowest BCUT2D eigenvalue weighted by molar-refractivity contribution is 0.388. The summed E-state index contributed by atoms with van der Waals surface area (Å²) in [6.07, 6.45) is 2.45. The van der Waals surface area contributed by atoms with Crippen LogP contribution in [0.3, 0.4) is 0 Å². The van der Waals surface area contributed by atoms with Crippen LogP contribution in [0.5, 0.6) is 0 Å². The van der Waals surface area contributed by atoms with E-state index >= 15 is 0 Å². The zero-order valence-corrected chi connectivity index (χ0v) is 13.4. The van der Waals surface area contributed by atoms with Crippen molar-refractivity contribution in [3.8, 4) is 0 Å². The smallest absolute Gasteiger partial charge is 0.0387 e. The Hall–Kier alpha value is -1.22. The van der Waals surface area contributed by atoms with Gasteiger partial charge in [-0.1, -0.05) is 19.9 Å². The first-order chi connectivity index (χ1) is 9.60. The van der Waals surface area contributed by atoms with E-state index in [0.29, 0.717) is 12.0 Å². The van der Waals surface area contributed by atoms with Crippen LogP contribution in [-0.2, 0) is 0 Å². The van der Waals surface area contributed by atoms with Gasteiger partial charge in [-0.3, -0.25) is 0 Å². The summed E-state index contributed by atoms with van der Waals surface area (Å²) in [6.45, 7) is 8.03. The molecule has 1 aromatic rings. The molecule has 3 heteroatoms. The molecule has 0 spiro atoms. The van der Waals surface area contributed by atoms with Gasteiger partial charge >= 0.3 is 0 Å². The number of benzene rings is 1. The molecule has 1 saturated heterocycles. The second-order valence-electron chi connectivity index (χ2n) is 6.27. The van der Waals surface area contributed by atoms with Crippen molar-refractivity contribution in [1.29, 1.82) is 0 Å². The topological polar surface area (TPSA) is 18.5 Å². The molecule has 0 aromatic heterocycles. The molecule has 0 amide bonds. The van der Waals surface area contributed by atoms with Gasteiger partial charge in [0.1, 0.15) is 0 Å². The van der Waals surface area contributed by atoms with Gasteiger partial charge in [0.25, 0.3) is 0 Å². The minimum atomic E-state index is 0.664. The van der Waals surface area contributed by atoms with E-state index in [4.69, 9.17) is 0 Å². The molecule has 0 bridgehead atoms. The second-order valence-corrected chi connectivity index (χ2v) is 6.27. The molecular weight excluding hydrogens is 246 g/mol. The van der Waals surface area contributed by atoms with Gasteiger partial charge in [0.05, 0.1) is 0 Å². The number of anilines is 2. The highest BCUT2D eigenvalue weighted by molar-refractivity contribution is 5.58. The van der Waals surface area contributed by atoms with Crippen molar-refractivity contribution in [3.63, 3.8) is 0 Å². The lowest BCUT2D eigenvalue weighted by Crippen LogP contribution is -2.43. The second kappa shape index (κ2) is 6.98. The predicted molar refractivity (Wildman–Crippen MR) is 88.8 cm³/mol. The molecule has 112 valence electrons. The fraction of sp³-hybridized carbons (Fsp3) is 0.647. The molecule has 0 radical (unpaired) electrons. The summed E-state index contributed by atoms with van der Waals surface area (Å²) < 4.78 is 0. The lowest BCUT2D eigenvalue weighted by atomic mass is 10.0. The van der Waals surface area contributed by atoms with Crippen molar-refractivity contribution in [2.75, 3.05) is 43.5 Å². The van der Waals surface area contributed by atoms with Crippen molar-refractivity contribution < 1.29 is 0 Å². The van der Waals surface area contributed by atoms with Crippen molar-refractivity contribution in [2.24, 2.45) is 5.92 Å². The van der Waals surface area contributed by atoms with Gasteiger partial charge in [-0.15, -0.1) is 0 Å². The third kappa shape index (κ3) is 3.89. The van der Waals surface area contributed by atoms with E-state index in [0.717, 1.165) is 19.6 Å². The standard InChI is InChI=1S/C17H29N3/c1-5-15-9-10-20(13-14(2)12-18-15)17-8-6-7-16(11-17)19(3)4/h6-8,11,14-15,18H,5,9-10,12-13H2,1-4H3. The van der Waals surface area contributed by atoms with Gasteiger partial charge in [-0.2, -0.15) is 0 Å². The number of rotatable bonds is 3. The van der Waals surface area contributed by atoms with E-state index in [9.17, 15) is 0 Å². The Bertz CT molecular complexity index is 416. The molecule has 1 heterocycles. The molecule has 1 aliphatic heterocycles. The number of hydrogen-bond donors (Lipinski definition) is 1. The SMILES string of the molecule is CCC1CCN(c2cccc(N(C)C)c2)CC(C)CN1. The zero-order chi connectivity index (χ0) is 14.5. The lowest BCUT2D eigenvalue weighted by Gasteiger charge is -2.34. The Morgan fingerprint density at radius 1 is 1.35 bits per heavy atom. The molecule has 0 saturated carbocycles. The summed E-state index contributed by atoms with van der Waals surface area (Å²) in [5.41, 5.74) is 2.64. The highest BCUT2D eigenvalue weighted by Crippen LogP contribution is 2.23. The van der Waals surface area contributed by atoms with Crippen molar-refractivity contribution in [3.05, 3.63) is 24.3 Å². The molecule has 1 N–H and O–H groups in total. The van der Waals surface area contributed by atoms with E-state index in [1.165, 1.54) is 24.2 Å². The maximum Gasteiger partial charge on any atom is 0.0387 e. The highest BCUT2D eigenvalue weighted by atomic mass is 15.1. The minimum absolute atomic E-state index is 0.664. The van der Waals surface area contributed by atoms with E-state index in [1.807, 2.05) is 0 Å². The first kappa shape index (κ1) is 15.2. The first-order valence-electron chi connectivity index (χ1n) is 7.86. The van der Waals surface area contributed by atoms with Gasteiger partial charge in [0.15, 0.2) is 0 Å². The number of nitrogens with one attached hydrogen (secondary N) is 1. The van der Waals surface area contributed by atoms with E-state index in [-0.39, 0.29) is 0 Å². The van der Waals surface area contributed by atoms with Gasteiger partial charge in [-0.25, -0.2) is 0 Å². The van der Waals surface area contributed by atoms with Crippen LogP contribution < -0.4 is 15.1 Å². The van der Waals surface area contributed by atoms with Crippen molar-refractivity contribution >= 4 is 11.4 Å². The van der Waals surface area contributed by atoms with E-state index in [2.05, 4.69) is 67.3 Å². The summed E-state index contributed by atoms with van der Waals surface area (Å²) in [5, 5.41) is 3.69. The first-order valence-corrected chi connectivity index (χ1v) is 7.86. The summed E-state index contributed by atoms with van der Waals surface area (Å²) >= 11 is 0. The van der Waals surface area contributed by atoms with Crippen LogP contribution in [0.1, 0.15) is 26.7 Å². The minimum Gasteiger partial charge on any atom is -0.378 e. The maximum atomic E-state index is 3.69. The average molecular weight is 275 g/mol. The molecule has 0 aliphatic carbocycles. The van der Waals surface area contributed by atoms with Crippen LogP contribution in [0.2, 0.25) is 0 Å². The average Bonchev–Trinajstić information content (AvgIpc) is 2.43. The van der Waals surface area contributed by atoms with Gasteiger partial charge in [0.2, 0.25) is 0 Å². The van der Waals surface area contributed by atoms with Crippen LogP contribution >= 0.6 is 0 Å². The number of hydrogen-bond acceptors (Lipinski definition) is 3.